The van der Waals surface area contributed by atoms with E-state index in [2.05, 4.69) is 5.32 Å². The summed E-state index contributed by atoms with van der Waals surface area (Å²) in [6.45, 7) is 1.92. The number of hydrogen-bond donors (Lipinski definition) is 2. The third kappa shape index (κ3) is 14.2. The molecule has 0 amide bonds. The average Bonchev–Trinajstić information content (AvgIpc) is 2.14. The lowest BCUT2D eigenvalue weighted by Gasteiger charge is -2.03. The van der Waals surface area contributed by atoms with Crippen molar-refractivity contribution in [3.63, 3.8) is 0 Å². The van der Waals surface area contributed by atoms with Gasteiger partial charge in [-0.15, -0.1) is 0 Å². The van der Waals surface area contributed by atoms with Crippen LogP contribution in [0.1, 0.15) is 12.8 Å². The van der Waals surface area contributed by atoms with E-state index >= 15 is 0 Å². The largest absolute Gasteiger partial charge is 0.396 e. The van der Waals surface area contributed by atoms with E-state index in [1.807, 2.05) is 0 Å². The Balaban J connectivity index is 3.06. The summed E-state index contributed by atoms with van der Waals surface area (Å²) >= 11 is 1.80. The first-order valence-electron chi connectivity index (χ1n) is 5.13. The highest BCUT2D eigenvalue weighted by atomic mass is 32.2. The van der Waals surface area contributed by atoms with Crippen molar-refractivity contribution in [3.05, 3.63) is 0 Å². The molecule has 0 aliphatic carbocycles. The number of thioether (sulfide) groups is 1. The summed E-state index contributed by atoms with van der Waals surface area (Å²) in [5.74, 6) is 2.26. The number of hydrogen-bond acceptors (Lipinski definition) is 5. The van der Waals surface area contributed by atoms with E-state index in [4.69, 9.17) is 5.11 Å². The van der Waals surface area contributed by atoms with Crippen LogP contribution in [0, 0.1) is 0 Å². The van der Waals surface area contributed by atoms with Crippen molar-refractivity contribution in [1.29, 1.82) is 0 Å². The van der Waals surface area contributed by atoms with Crippen LogP contribution < -0.4 is 5.32 Å². The molecule has 0 aromatic heterocycles. The standard InChI is InChI=1S/C9H21NO3S2/c1-15(12,13)9-2-4-10-5-8-14-7-3-6-11/h10-11H,2-9H2,1H3. The summed E-state index contributed by atoms with van der Waals surface area (Å²) < 4.78 is 21.6. The lowest BCUT2D eigenvalue weighted by molar-refractivity contribution is 0.296. The van der Waals surface area contributed by atoms with E-state index in [1.54, 1.807) is 11.8 Å². The lowest BCUT2D eigenvalue weighted by Crippen LogP contribution is -2.20. The lowest BCUT2D eigenvalue weighted by atomic mass is 10.5. The fourth-order valence-electron chi connectivity index (χ4n) is 0.997. The second-order valence-corrected chi connectivity index (χ2v) is 6.91. The van der Waals surface area contributed by atoms with Crippen LogP contribution in [0.15, 0.2) is 0 Å². The van der Waals surface area contributed by atoms with Gasteiger partial charge in [0.1, 0.15) is 9.84 Å². The predicted molar refractivity (Wildman–Crippen MR) is 66.2 cm³/mol. The molecule has 0 radical (unpaired) electrons. The minimum absolute atomic E-state index is 0.259. The summed E-state index contributed by atoms with van der Waals surface area (Å²) in [7, 11) is -2.80. The molecule has 0 saturated carbocycles. The molecule has 0 bridgehead atoms. The van der Waals surface area contributed by atoms with Crippen molar-refractivity contribution >= 4 is 21.6 Å². The van der Waals surface area contributed by atoms with Crippen LogP contribution in [0.4, 0.5) is 0 Å². The van der Waals surface area contributed by atoms with Crippen molar-refractivity contribution in [2.75, 3.05) is 43.2 Å². The van der Waals surface area contributed by atoms with Crippen molar-refractivity contribution in [2.45, 2.75) is 12.8 Å². The van der Waals surface area contributed by atoms with Gasteiger partial charge in [-0.1, -0.05) is 0 Å². The van der Waals surface area contributed by atoms with E-state index in [-0.39, 0.29) is 12.4 Å². The molecule has 0 aromatic rings. The number of rotatable bonds is 10. The molecule has 0 fully saturated rings. The predicted octanol–water partition coefficient (Wildman–Crippen LogP) is 0.126. The fourth-order valence-corrected chi connectivity index (χ4v) is 2.49. The Hall–Kier alpha value is 0.220. The van der Waals surface area contributed by atoms with Gasteiger partial charge in [-0.2, -0.15) is 11.8 Å². The van der Waals surface area contributed by atoms with E-state index in [1.165, 1.54) is 6.26 Å². The third-order valence-corrected chi connectivity index (χ3v) is 3.84. The first-order chi connectivity index (χ1) is 7.06. The highest BCUT2D eigenvalue weighted by molar-refractivity contribution is 7.99. The van der Waals surface area contributed by atoms with E-state index in [0.717, 1.165) is 31.0 Å². The molecular weight excluding hydrogens is 234 g/mol. The molecule has 0 rings (SSSR count). The zero-order chi connectivity index (χ0) is 11.6. The first-order valence-corrected chi connectivity index (χ1v) is 8.35. The van der Waals surface area contributed by atoms with E-state index in [0.29, 0.717) is 6.42 Å². The first kappa shape index (κ1) is 15.2. The third-order valence-electron chi connectivity index (χ3n) is 1.74. The minimum atomic E-state index is -2.80. The van der Waals surface area contributed by atoms with Crippen LogP contribution in [-0.4, -0.2) is 56.7 Å². The van der Waals surface area contributed by atoms with Gasteiger partial charge in [0.2, 0.25) is 0 Å². The monoisotopic (exact) mass is 255 g/mol. The fraction of sp³-hybridized carbons (Fsp3) is 1.00. The molecule has 92 valence electrons. The summed E-state index contributed by atoms with van der Waals surface area (Å²) in [6, 6.07) is 0. The Morgan fingerprint density at radius 1 is 1.20 bits per heavy atom. The number of sulfone groups is 1. The van der Waals surface area contributed by atoms with Gasteiger partial charge in [-0.3, -0.25) is 0 Å². The normalized spacial score (nSPS) is 11.9. The molecule has 6 heteroatoms. The zero-order valence-electron chi connectivity index (χ0n) is 9.24. The van der Waals surface area contributed by atoms with Crippen molar-refractivity contribution in [2.24, 2.45) is 0 Å². The molecule has 2 N–H and O–H groups in total. The quantitative estimate of drug-likeness (QED) is 0.543. The molecule has 0 unspecified atom stereocenters. The van der Waals surface area contributed by atoms with Crippen LogP contribution in [0.3, 0.4) is 0 Å². The van der Waals surface area contributed by atoms with Crippen molar-refractivity contribution in [1.82, 2.24) is 5.32 Å². The topological polar surface area (TPSA) is 66.4 Å². The molecular formula is C9H21NO3S2. The molecule has 4 nitrogen and oxygen atoms in total. The average molecular weight is 255 g/mol. The van der Waals surface area contributed by atoms with Gasteiger partial charge in [0.15, 0.2) is 0 Å². The van der Waals surface area contributed by atoms with Gasteiger partial charge < -0.3 is 10.4 Å². The minimum Gasteiger partial charge on any atom is -0.396 e. The number of aliphatic hydroxyl groups excluding tert-OH is 1. The molecule has 0 spiro atoms. The Kier molecular flexibility index (Phi) is 9.58. The summed E-state index contributed by atoms with van der Waals surface area (Å²) in [4.78, 5) is 0. The van der Waals surface area contributed by atoms with Gasteiger partial charge in [0, 0.05) is 25.2 Å². The van der Waals surface area contributed by atoms with Gasteiger partial charge >= 0.3 is 0 Å². The van der Waals surface area contributed by atoms with Gasteiger partial charge in [0.05, 0.1) is 5.75 Å². The summed E-state index contributed by atoms with van der Waals surface area (Å²) in [5, 5.41) is 11.7. The zero-order valence-corrected chi connectivity index (χ0v) is 10.9. The summed E-state index contributed by atoms with van der Waals surface area (Å²) in [6.07, 6.45) is 2.79. The molecule has 0 aromatic carbocycles. The highest BCUT2D eigenvalue weighted by Crippen LogP contribution is 1.99. The highest BCUT2D eigenvalue weighted by Gasteiger charge is 2.00. The van der Waals surface area contributed by atoms with Crippen molar-refractivity contribution < 1.29 is 13.5 Å². The van der Waals surface area contributed by atoms with Crippen LogP contribution in [0.25, 0.3) is 0 Å². The Morgan fingerprint density at radius 3 is 2.53 bits per heavy atom. The molecule has 0 aliphatic rings. The van der Waals surface area contributed by atoms with Gasteiger partial charge in [-0.05, 0) is 25.1 Å². The van der Waals surface area contributed by atoms with Crippen LogP contribution in [-0.2, 0) is 9.84 Å². The SMILES string of the molecule is CS(=O)(=O)CCCNCCSCCCO. The second-order valence-electron chi connectivity index (χ2n) is 3.42. The van der Waals surface area contributed by atoms with Crippen molar-refractivity contribution in [3.8, 4) is 0 Å². The van der Waals surface area contributed by atoms with E-state index < -0.39 is 9.84 Å². The Bertz CT molecular complexity index is 230. The number of nitrogens with one attached hydrogen (secondary N) is 1. The van der Waals surface area contributed by atoms with E-state index in [9.17, 15) is 8.42 Å². The maximum Gasteiger partial charge on any atom is 0.147 e. The smallest absolute Gasteiger partial charge is 0.147 e. The number of aliphatic hydroxyl groups is 1. The maximum absolute atomic E-state index is 10.8. The van der Waals surface area contributed by atoms with Gasteiger partial charge in [-0.25, -0.2) is 8.42 Å². The van der Waals surface area contributed by atoms with Crippen LogP contribution in [0.2, 0.25) is 0 Å². The molecule has 0 heterocycles. The van der Waals surface area contributed by atoms with Gasteiger partial charge in [0.25, 0.3) is 0 Å². The molecule has 15 heavy (non-hydrogen) atoms. The maximum atomic E-state index is 10.8. The van der Waals surface area contributed by atoms with Crippen LogP contribution in [0.5, 0.6) is 0 Å². The second kappa shape index (κ2) is 9.45. The molecule has 0 saturated heterocycles. The molecule has 0 aliphatic heterocycles. The molecule has 0 atom stereocenters. The van der Waals surface area contributed by atoms with Crippen LogP contribution >= 0.6 is 11.8 Å². The Morgan fingerprint density at radius 2 is 1.93 bits per heavy atom. The summed E-state index contributed by atoms with van der Waals surface area (Å²) in [5.41, 5.74) is 0. The Labute approximate surface area is 96.8 Å².